The lowest BCUT2D eigenvalue weighted by molar-refractivity contribution is 0.288. The van der Waals surface area contributed by atoms with E-state index in [-0.39, 0.29) is 0 Å². The molecule has 3 rings (SSSR count). The third-order valence-corrected chi connectivity index (χ3v) is 2.58. The van der Waals surface area contributed by atoms with E-state index in [2.05, 4.69) is 12.1 Å². The maximum atomic E-state index is 8.63. The van der Waals surface area contributed by atoms with Gasteiger partial charge in [-0.2, -0.15) is 0 Å². The number of benzene rings is 2. The summed E-state index contributed by atoms with van der Waals surface area (Å²) < 4.78 is 5.42. The van der Waals surface area contributed by atoms with E-state index >= 15 is 0 Å². The second-order valence-electron chi connectivity index (χ2n) is 3.90. The molecule has 1 heterocycles. The predicted octanol–water partition coefficient (Wildman–Crippen LogP) is 3.40. The highest BCUT2D eigenvalue weighted by molar-refractivity contribution is 5.34. The summed E-state index contributed by atoms with van der Waals surface area (Å²) in [7, 11) is 0. The van der Waals surface area contributed by atoms with E-state index in [1.165, 1.54) is 12.0 Å². The highest BCUT2D eigenvalue weighted by Crippen LogP contribution is 2.23. The number of ether oxygens (including phenoxy) is 1. The van der Waals surface area contributed by atoms with Gasteiger partial charge in [0.15, 0.2) is 0 Å². The molecule has 0 bridgehead atoms. The molecular weight excluding hydrogens is 212 g/mol. The molecule has 0 aromatic heterocycles. The van der Waals surface area contributed by atoms with E-state index in [0.717, 1.165) is 18.8 Å². The Balaban J connectivity index is 0.000000136. The Morgan fingerprint density at radius 3 is 2.24 bits per heavy atom. The fraction of sp³-hybridized carbons (Fsp3) is 0.200. The summed E-state index contributed by atoms with van der Waals surface area (Å²) in [5, 5.41) is 8.63. The average molecular weight is 228 g/mol. The van der Waals surface area contributed by atoms with Crippen molar-refractivity contribution in [2.45, 2.75) is 12.8 Å². The first-order chi connectivity index (χ1) is 8.36. The first-order valence-electron chi connectivity index (χ1n) is 5.81. The van der Waals surface area contributed by atoms with Crippen LogP contribution in [0.15, 0.2) is 54.6 Å². The molecule has 0 amide bonds. The molecule has 2 aromatic rings. The van der Waals surface area contributed by atoms with Crippen LogP contribution in [0.25, 0.3) is 0 Å². The smallest absolute Gasteiger partial charge is 0.122 e. The largest absolute Gasteiger partial charge is 0.508 e. The number of fused-ring (bicyclic) bond motifs is 1. The lowest BCUT2D eigenvalue weighted by Crippen LogP contribution is -2.07. The highest BCUT2D eigenvalue weighted by atomic mass is 16.5. The van der Waals surface area contributed by atoms with Crippen LogP contribution in [0.2, 0.25) is 0 Å². The molecule has 0 aliphatic carbocycles. The van der Waals surface area contributed by atoms with Crippen LogP contribution in [0.1, 0.15) is 12.0 Å². The minimum Gasteiger partial charge on any atom is -0.508 e. The lowest BCUT2D eigenvalue weighted by Gasteiger charge is -2.15. The molecule has 0 atom stereocenters. The SMILES string of the molecule is Oc1ccccc1.c1ccc2c(c1)CCCO2. The molecule has 0 spiro atoms. The van der Waals surface area contributed by atoms with Crippen LogP contribution in [0.3, 0.4) is 0 Å². The zero-order valence-corrected chi connectivity index (χ0v) is 9.67. The molecule has 2 heteroatoms. The van der Waals surface area contributed by atoms with Crippen molar-refractivity contribution < 1.29 is 9.84 Å². The third kappa shape index (κ3) is 3.52. The second kappa shape index (κ2) is 5.94. The molecular formula is C15H16O2. The number of aromatic hydroxyl groups is 1. The first kappa shape index (κ1) is 11.5. The van der Waals surface area contributed by atoms with Crippen molar-refractivity contribution in [1.82, 2.24) is 0 Å². The Morgan fingerprint density at radius 1 is 0.882 bits per heavy atom. The maximum Gasteiger partial charge on any atom is 0.122 e. The van der Waals surface area contributed by atoms with Crippen molar-refractivity contribution in [2.24, 2.45) is 0 Å². The van der Waals surface area contributed by atoms with Gasteiger partial charge in [0.25, 0.3) is 0 Å². The van der Waals surface area contributed by atoms with Crippen LogP contribution in [0, 0.1) is 0 Å². The molecule has 0 saturated carbocycles. The average Bonchev–Trinajstić information content (AvgIpc) is 2.41. The molecule has 2 nitrogen and oxygen atoms in total. The molecule has 0 radical (unpaired) electrons. The molecule has 88 valence electrons. The van der Waals surface area contributed by atoms with Crippen LogP contribution in [-0.4, -0.2) is 11.7 Å². The Labute approximate surface area is 101 Å². The number of phenols is 1. The van der Waals surface area contributed by atoms with Crippen LogP contribution in [-0.2, 0) is 6.42 Å². The molecule has 0 saturated heterocycles. The quantitative estimate of drug-likeness (QED) is 0.748. The number of aryl methyl sites for hydroxylation is 1. The Morgan fingerprint density at radius 2 is 1.59 bits per heavy atom. The van der Waals surface area contributed by atoms with Crippen molar-refractivity contribution in [3.8, 4) is 11.5 Å². The summed E-state index contributed by atoms with van der Waals surface area (Å²) in [5.74, 6) is 1.40. The van der Waals surface area contributed by atoms with Crippen LogP contribution in [0.5, 0.6) is 11.5 Å². The number of hydrogen-bond acceptors (Lipinski definition) is 2. The topological polar surface area (TPSA) is 29.5 Å². The minimum absolute atomic E-state index is 0.322. The number of phenolic OH excluding ortho intramolecular Hbond substituents is 1. The normalized spacial score (nSPS) is 12.7. The van der Waals surface area contributed by atoms with Crippen molar-refractivity contribution in [3.63, 3.8) is 0 Å². The molecule has 1 N–H and O–H groups in total. The van der Waals surface area contributed by atoms with Gasteiger partial charge in [-0.3, -0.25) is 0 Å². The second-order valence-corrected chi connectivity index (χ2v) is 3.90. The zero-order chi connectivity index (χ0) is 11.9. The number of para-hydroxylation sites is 2. The van der Waals surface area contributed by atoms with Gasteiger partial charge in [0.2, 0.25) is 0 Å². The maximum absolute atomic E-state index is 8.63. The van der Waals surface area contributed by atoms with Crippen molar-refractivity contribution in [2.75, 3.05) is 6.61 Å². The van der Waals surface area contributed by atoms with Gasteiger partial charge in [-0.25, -0.2) is 0 Å². The Kier molecular flexibility index (Phi) is 4.03. The van der Waals surface area contributed by atoms with Gasteiger partial charge in [0, 0.05) is 0 Å². The van der Waals surface area contributed by atoms with Gasteiger partial charge in [-0.1, -0.05) is 36.4 Å². The Bertz CT molecular complexity index is 426. The summed E-state index contributed by atoms with van der Waals surface area (Å²) in [6.45, 7) is 0.886. The summed E-state index contributed by atoms with van der Waals surface area (Å²) >= 11 is 0. The standard InChI is InChI=1S/C9H10O.C6H6O/c1-2-6-9-8(4-1)5-3-7-10-9;7-6-4-2-1-3-5-6/h1-2,4,6H,3,5,7H2;1-5,7H. The fourth-order valence-electron chi connectivity index (χ4n) is 1.72. The molecule has 0 fully saturated rings. The van der Waals surface area contributed by atoms with Crippen molar-refractivity contribution in [3.05, 3.63) is 60.2 Å². The molecule has 2 aromatic carbocycles. The zero-order valence-electron chi connectivity index (χ0n) is 9.67. The molecule has 0 unspecified atom stereocenters. The summed E-state index contributed by atoms with van der Waals surface area (Å²) in [6.07, 6.45) is 2.34. The number of rotatable bonds is 0. The summed E-state index contributed by atoms with van der Waals surface area (Å²) in [5.41, 5.74) is 1.36. The van der Waals surface area contributed by atoms with Crippen LogP contribution in [0.4, 0.5) is 0 Å². The number of hydrogen-bond donors (Lipinski definition) is 1. The monoisotopic (exact) mass is 228 g/mol. The van der Waals surface area contributed by atoms with E-state index < -0.39 is 0 Å². The van der Waals surface area contributed by atoms with Crippen molar-refractivity contribution >= 4 is 0 Å². The Hall–Kier alpha value is -1.96. The molecule has 17 heavy (non-hydrogen) atoms. The van der Waals surface area contributed by atoms with Gasteiger partial charge in [0.05, 0.1) is 6.61 Å². The minimum atomic E-state index is 0.322. The van der Waals surface area contributed by atoms with E-state index in [1.807, 2.05) is 18.2 Å². The predicted molar refractivity (Wildman–Crippen MR) is 68.4 cm³/mol. The van der Waals surface area contributed by atoms with E-state index in [0.29, 0.717) is 5.75 Å². The van der Waals surface area contributed by atoms with E-state index in [4.69, 9.17) is 9.84 Å². The lowest BCUT2D eigenvalue weighted by atomic mass is 10.1. The highest BCUT2D eigenvalue weighted by Gasteiger charge is 2.06. The summed E-state index contributed by atoms with van der Waals surface area (Å²) in [6, 6.07) is 17.0. The van der Waals surface area contributed by atoms with Crippen LogP contribution >= 0.6 is 0 Å². The third-order valence-electron chi connectivity index (χ3n) is 2.58. The van der Waals surface area contributed by atoms with E-state index in [1.54, 1.807) is 24.3 Å². The van der Waals surface area contributed by atoms with Gasteiger partial charge in [-0.05, 0) is 36.6 Å². The van der Waals surface area contributed by atoms with Crippen LogP contribution < -0.4 is 4.74 Å². The van der Waals surface area contributed by atoms with Gasteiger partial charge < -0.3 is 9.84 Å². The van der Waals surface area contributed by atoms with Gasteiger partial charge >= 0.3 is 0 Å². The molecule has 1 aliphatic heterocycles. The first-order valence-corrected chi connectivity index (χ1v) is 5.81. The van der Waals surface area contributed by atoms with Gasteiger partial charge in [-0.15, -0.1) is 0 Å². The van der Waals surface area contributed by atoms with Gasteiger partial charge in [0.1, 0.15) is 11.5 Å². The van der Waals surface area contributed by atoms with Crippen molar-refractivity contribution in [1.29, 1.82) is 0 Å². The van der Waals surface area contributed by atoms with E-state index in [9.17, 15) is 0 Å². The fourth-order valence-corrected chi connectivity index (χ4v) is 1.72. The molecule has 1 aliphatic rings. The summed E-state index contributed by atoms with van der Waals surface area (Å²) in [4.78, 5) is 0.